The average Bonchev–Trinajstić information content (AvgIpc) is 2.54. The fourth-order valence-corrected chi connectivity index (χ4v) is 3.10. The highest BCUT2D eigenvalue weighted by atomic mass is 16.4. The zero-order valence-electron chi connectivity index (χ0n) is 13.6. The summed E-state index contributed by atoms with van der Waals surface area (Å²) in [7, 11) is 0. The van der Waals surface area contributed by atoms with Crippen molar-refractivity contribution >= 4 is 5.97 Å². The van der Waals surface area contributed by atoms with Crippen molar-refractivity contribution in [3.8, 4) is 0 Å². The first-order valence-corrected chi connectivity index (χ1v) is 8.47. The third-order valence-corrected chi connectivity index (χ3v) is 4.46. The highest BCUT2D eigenvalue weighted by molar-refractivity contribution is 5.87. The maximum atomic E-state index is 10.8. The molecule has 1 unspecified atom stereocenters. The van der Waals surface area contributed by atoms with Crippen LogP contribution in [0.2, 0.25) is 0 Å². The molecule has 1 fully saturated rings. The Morgan fingerprint density at radius 1 is 1.32 bits per heavy atom. The molecule has 2 N–H and O–H groups in total. The van der Waals surface area contributed by atoms with Crippen molar-refractivity contribution in [2.24, 2.45) is 0 Å². The summed E-state index contributed by atoms with van der Waals surface area (Å²) >= 11 is 0. The summed E-state index contributed by atoms with van der Waals surface area (Å²) in [4.78, 5) is 13.5. The van der Waals surface area contributed by atoms with Crippen LogP contribution in [0.1, 0.15) is 54.9 Å². The Balaban J connectivity index is 1.77. The molecule has 1 aromatic carbocycles. The second-order valence-electron chi connectivity index (χ2n) is 6.17. The number of carboxylic acid groups (broad SMARTS) is 1. The van der Waals surface area contributed by atoms with Gasteiger partial charge in [0.1, 0.15) is 0 Å². The number of unbranched alkanes of at least 4 members (excludes halogenated alkanes) is 1. The van der Waals surface area contributed by atoms with Gasteiger partial charge in [-0.2, -0.15) is 0 Å². The lowest BCUT2D eigenvalue weighted by Crippen LogP contribution is -2.45. The summed E-state index contributed by atoms with van der Waals surface area (Å²) in [5, 5.41) is 12.4. The van der Waals surface area contributed by atoms with Crippen molar-refractivity contribution in [1.29, 1.82) is 0 Å². The van der Waals surface area contributed by atoms with Crippen molar-refractivity contribution in [1.82, 2.24) is 10.2 Å². The van der Waals surface area contributed by atoms with E-state index in [0.29, 0.717) is 11.6 Å². The molecular formula is C18H28N2O2. The molecule has 0 amide bonds. The Bertz CT molecular complexity index is 459. The normalized spacial score (nSPS) is 19.2. The molecule has 1 heterocycles. The molecule has 0 aromatic heterocycles. The predicted molar refractivity (Wildman–Crippen MR) is 89.2 cm³/mol. The van der Waals surface area contributed by atoms with Crippen molar-refractivity contribution in [3.63, 3.8) is 0 Å². The highest BCUT2D eigenvalue weighted by Crippen LogP contribution is 2.17. The zero-order valence-corrected chi connectivity index (χ0v) is 13.6. The van der Waals surface area contributed by atoms with E-state index in [1.165, 1.54) is 45.2 Å². The van der Waals surface area contributed by atoms with Crippen LogP contribution in [-0.4, -0.2) is 41.7 Å². The number of benzene rings is 1. The Kier molecular flexibility index (Phi) is 6.87. The lowest BCUT2D eigenvalue weighted by atomic mass is 10.0. The zero-order chi connectivity index (χ0) is 15.8. The van der Waals surface area contributed by atoms with Crippen molar-refractivity contribution in [3.05, 3.63) is 35.4 Å². The van der Waals surface area contributed by atoms with Crippen LogP contribution in [0, 0.1) is 0 Å². The maximum absolute atomic E-state index is 10.8. The molecule has 1 aromatic rings. The molecule has 0 radical (unpaired) electrons. The standard InChI is InChI=1S/C18H28N2O2/c1-2-3-11-20-12-5-4-6-17(20)14-19-13-15-7-9-16(10-8-15)18(21)22/h7-10,17,19H,2-6,11-14H2,1H3,(H,21,22). The van der Waals surface area contributed by atoms with E-state index >= 15 is 0 Å². The Morgan fingerprint density at radius 2 is 2.09 bits per heavy atom. The summed E-state index contributed by atoms with van der Waals surface area (Å²) < 4.78 is 0. The number of nitrogens with one attached hydrogen (secondary N) is 1. The monoisotopic (exact) mass is 304 g/mol. The smallest absolute Gasteiger partial charge is 0.335 e. The van der Waals surface area contributed by atoms with Gasteiger partial charge < -0.3 is 10.4 Å². The van der Waals surface area contributed by atoms with Crippen LogP contribution in [0.15, 0.2) is 24.3 Å². The fraction of sp³-hybridized carbons (Fsp3) is 0.611. The summed E-state index contributed by atoms with van der Waals surface area (Å²) in [6.45, 7) is 6.52. The molecule has 0 saturated carbocycles. The van der Waals surface area contributed by atoms with Gasteiger partial charge in [0, 0.05) is 19.1 Å². The van der Waals surface area contributed by atoms with Gasteiger partial charge in [0.2, 0.25) is 0 Å². The first kappa shape index (κ1) is 17.0. The summed E-state index contributed by atoms with van der Waals surface area (Å²) in [6, 6.07) is 7.79. The number of piperidine rings is 1. The van der Waals surface area contributed by atoms with E-state index in [2.05, 4.69) is 17.1 Å². The first-order valence-electron chi connectivity index (χ1n) is 8.47. The fourth-order valence-electron chi connectivity index (χ4n) is 3.10. The number of carbonyl (C=O) groups is 1. The third kappa shape index (κ3) is 5.11. The topological polar surface area (TPSA) is 52.6 Å². The number of aromatic carboxylic acids is 1. The molecule has 2 rings (SSSR count). The average molecular weight is 304 g/mol. The Hall–Kier alpha value is -1.39. The Morgan fingerprint density at radius 3 is 2.77 bits per heavy atom. The van der Waals surface area contributed by atoms with Gasteiger partial charge in [-0.25, -0.2) is 4.79 Å². The molecular weight excluding hydrogens is 276 g/mol. The summed E-state index contributed by atoms with van der Waals surface area (Å²) in [6.07, 6.45) is 6.49. The molecule has 22 heavy (non-hydrogen) atoms. The first-order chi connectivity index (χ1) is 10.7. The van der Waals surface area contributed by atoms with Crippen LogP contribution in [0.5, 0.6) is 0 Å². The van der Waals surface area contributed by atoms with Crippen LogP contribution in [-0.2, 0) is 6.54 Å². The lowest BCUT2D eigenvalue weighted by Gasteiger charge is -2.36. The van der Waals surface area contributed by atoms with E-state index in [1.54, 1.807) is 12.1 Å². The van der Waals surface area contributed by atoms with Gasteiger partial charge in [-0.15, -0.1) is 0 Å². The minimum absolute atomic E-state index is 0.349. The van der Waals surface area contributed by atoms with Gasteiger partial charge in [-0.3, -0.25) is 4.90 Å². The number of hydrogen-bond acceptors (Lipinski definition) is 3. The lowest BCUT2D eigenvalue weighted by molar-refractivity contribution is 0.0697. The number of rotatable bonds is 8. The van der Waals surface area contributed by atoms with Crippen molar-refractivity contribution in [2.75, 3.05) is 19.6 Å². The van der Waals surface area contributed by atoms with E-state index in [-0.39, 0.29) is 0 Å². The number of carboxylic acids is 1. The van der Waals surface area contributed by atoms with E-state index in [0.717, 1.165) is 18.7 Å². The van der Waals surface area contributed by atoms with Gasteiger partial charge >= 0.3 is 5.97 Å². The quantitative estimate of drug-likeness (QED) is 0.775. The molecule has 1 aliphatic rings. The second-order valence-corrected chi connectivity index (χ2v) is 6.17. The molecule has 122 valence electrons. The van der Waals surface area contributed by atoms with E-state index in [1.807, 2.05) is 12.1 Å². The van der Waals surface area contributed by atoms with Gasteiger partial charge in [0.05, 0.1) is 5.56 Å². The maximum Gasteiger partial charge on any atom is 0.335 e. The molecule has 1 aliphatic heterocycles. The van der Waals surface area contributed by atoms with Crippen molar-refractivity contribution < 1.29 is 9.90 Å². The minimum atomic E-state index is -0.867. The van der Waals surface area contributed by atoms with Gasteiger partial charge in [-0.1, -0.05) is 31.9 Å². The van der Waals surface area contributed by atoms with E-state index in [9.17, 15) is 4.79 Å². The molecule has 4 heteroatoms. The largest absolute Gasteiger partial charge is 0.478 e. The van der Waals surface area contributed by atoms with E-state index < -0.39 is 5.97 Å². The molecule has 1 atom stereocenters. The summed E-state index contributed by atoms with van der Waals surface area (Å²) in [5.74, 6) is -0.867. The summed E-state index contributed by atoms with van der Waals surface area (Å²) in [5.41, 5.74) is 1.49. The van der Waals surface area contributed by atoms with Crippen LogP contribution in [0.3, 0.4) is 0 Å². The van der Waals surface area contributed by atoms with Crippen LogP contribution >= 0.6 is 0 Å². The van der Waals surface area contributed by atoms with Crippen LogP contribution in [0.25, 0.3) is 0 Å². The predicted octanol–water partition coefficient (Wildman–Crippen LogP) is 3.13. The number of nitrogens with zero attached hydrogens (tertiary/aromatic N) is 1. The molecule has 0 bridgehead atoms. The van der Waals surface area contributed by atoms with Gasteiger partial charge in [0.25, 0.3) is 0 Å². The number of hydrogen-bond donors (Lipinski definition) is 2. The molecule has 1 saturated heterocycles. The Labute approximate surface area is 133 Å². The molecule has 4 nitrogen and oxygen atoms in total. The SMILES string of the molecule is CCCCN1CCCCC1CNCc1ccc(C(=O)O)cc1. The van der Waals surface area contributed by atoms with Crippen LogP contribution < -0.4 is 5.32 Å². The number of likely N-dealkylation sites (tertiary alicyclic amines) is 1. The van der Waals surface area contributed by atoms with Crippen LogP contribution in [0.4, 0.5) is 0 Å². The minimum Gasteiger partial charge on any atom is -0.478 e. The van der Waals surface area contributed by atoms with Gasteiger partial charge in [-0.05, 0) is 50.0 Å². The highest BCUT2D eigenvalue weighted by Gasteiger charge is 2.21. The van der Waals surface area contributed by atoms with Gasteiger partial charge in [0.15, 0.2) is 0 Å². The van der Waals surface area contributed by atoms with Crippen molar-refractivity contribution in [2.45, 2.75) is 51.6 Å². The van der Waals surface area contributed by atoms with E-state index in [4.69, 9.17) is 5.11 Å². The third-order valence-electron chi connectivity index (χ3n) is 4.46. The second kappa shape index (κ2) is 8.91. The molecule has 0 aliphatic carbocycles. The molecule has 0 spiro atoms.